The van der Waals surface area contributed by atoms with Crippen molar-refractivity contribution in [1.82, 2.24) is 0 Å². The summed E-state index contributed by atoms with van der Waals surface area (Å²) in [6.07, 6.45) is 0.582. The summed E-state index contributed by atoms with van der Waals surface area (Å²) < 4.78 is 0. The highest BCUT2D eigenvalue weighted by atomic mass is 35.5. The van der Waals surface area contributed by atoms with Crippen LogP contribution in [0.1, 0.15) is 6.42 Å². The van der Waals surface area contributed by atoms with Crippen molar-refractivity contribution in [2.75, 3.05) is 17.3 Å². The van der Waals surface area contributed by atoms with Gasteiger partial charge in [0.25, 0.3) is 0 Å². The third kappa shape index (κ3) is 1.75. The summed E-state index contributed by atoms with van der Waals surface area (Å²) in [7, 11) is 0. The summed E-state index contributed by atoms with van der Waals surface area (Å²) in [6.45, 7) is 0.756. The fraction of sp³-hybridized carbons (Fsp3) is 0.364. The second-order valence-electron chi connectivity index (χ2n) is 3.56. The monoisotopic (exact) mass is 209 g/mol. The quantitative estimate of drug-likeness (QED) is 0.685. The molecule has 1 aromatic rings. The summed E-state index contributed by atoms with van der Waals surface area (Å²) in [5.41, 5.74) is 0.977. The number of hydrogen-bond acceptors (Lipinski definition) is 1. The third-order valence-corrected chi connectivity index (χ3v) is 2.93. The first-order chi connectivity index (χ1) is 6.81. The van der Waals surface area contributed by atoms with Crippen molar-refractivity contribution < 1.29 is 4.79 Å². The van der Waals surface area contributed by atoms with E-state index in [1.807, 2.05) is 35.2 Å². The number of nitrogens with zero attached hydrogens (tertiary/aromatic N) is 1. The van der Waals surface area contributed by atoms with Gasteiger partial charge in [0.1, 0.15) is 0 Å². The van der Waals surface area contributed by atoms with Crippen LogP contribution in [0, 0.1) is 5.92 Å². The number of hydrogen-bond donors (Lipinski definition) is 0. The molecule has 1 aliphatic rings. The predicted molar refractivity (Wildman–Crippen MR) is 57.6 cm³/mol. The molecule has 1 fully saturated rings. The summed E-state index contributed by atoms with van der Waals surface area (Å²) in [5, 5.41) is 0. The molecule has 2 rings (SSSR count). The molecule has 1 atom stereocenters. The van der Waals surface area contributed by atoms with E-state index in [-0.39, 0.29) is 5.91 Å². The van der Waals surface area contributed by atoms with E-state index in [0.717, 1.165) is 12.2 Å². The Kier molecular flexibility index (Phi) is 2.73. The molecular formula is C11H12ClNO. The van der Waals surface area contributed by atoms with Crippen molar-refractivity contribution in [3.63, 3.8) is 0 Å². The molecule has 74 valence electrons. The second kappa shape index (κ2) is 4.01. The molecule has 0 aliphatic carbocycles. The molecule has 1 amide bonds. The minimum atomic E-state index is 0.182. The van der Waals surface area contributed by atoms with Crippen LogP contribution >= 0.6 is 11.6 Å². The van der Waals surface area contributed by atoms with Crippen molar-refractivity contribution in [1.29, 1.82) is 0 Å². The number of carbonyl (C=O) groups is 1. The maximum atomic E-state index is 11.6. The lowest BCUT2D eigenvalue weighted by atomic mass is 10.1. The maximum absolute atomic E-state index is 11.6. The van der Waals surface area contributed by atoms with E-state index >= 15 is 0 Å². The minimum absolute atomic E-state index is 0.182. The Morgan fingerprint density at radius 1 is 1.36 bits per heavy atom. The number of rotatable bonds is 2. The second-order valence-corrected chi connectivity index (χ2v) is 3.87. The van der Waals surface area contributed by atoms with Gasteiger partial charge < -0.3 is 4.90 Å². The summed E-state index contributed by atoms with van der Waals surface area (Å²) >= 11 is 5.75. The zero-order chi connectivity index (χ0) is 9.97. The molecule has 3 heteroatoms. The number of alkyl halides is 1. The van der Waals surface area contributed by atoms with E-state index < -0.39 is 0 Å². The predicted octanol–water partition coefficient (Wildman–Crippen LogP) is 2.28. The van der Waals surface area contributed by atoms with Gasteiger partial charge in [0.2, 0.25) is 5.91 Å². The maximum Gasteiger partial charge on any atom is 0.227 e. The van der Waals surface area contributed by atoms with Crippen LogP contribution in [-0.4, -0.2) is 18.3 Å². The molecule has 0 radical (unpaired) electrons. The Hall–Kier alpha value is -1.02. The smallest absolute Gasteiger partial charge is 0.227 e. The van der Waals surface area contributed by atoms with Crippen LogP contribution in [0.5, 0.6) is 0 Å². The Balaban J connectivity index is 2.17. The molecular weight excluding hydrogens is 198 g/mol. The molecule has 0 aromatic heterocycles. The molecule has 0 N–H and O–H groups in total. The molecule has 1 aliphatic heterocycles. The lowest BCUT2D eigenvalue weighted by Crippen LogP contribution is -2.24. The van der Waals surface area contributed by atoms with Crippen LogP contribution in [0.15, 0.2) is 30.3 Å². The van der Waals surface area contributed by atoms with E-state index in [1.54, 1.807) is 0 Å². The molecule has 14 heavy (non-hydrogen) atoms. The van der Waals surface area contributed by atoms with Gasteiger partial charge in [-0.3, -0.25) is 4.79 Å². The Labute approximate surface area is 88.5 Å². The van der Waals surface area contributed by atoms with Crippen LogP contribution in [0.4, 0.5) is 5.69 Å². The van der Waals surface area contributed by atoms with Crippen LogP contribution < -0.4 is 4.90 Å². The molecule has 1 heterocycles. The van der Waals surface area contributed by atoms with Gasteiger partial charge in [0, 0.05) is 24.5 Å². The van der Waals surface area contributed by atoms with Gasteiger partial charge >= 0.3 is 0 Å². The first-order valence-corrected chi connectivity index (χ1v) is 5.26. The molecule has 0 saturated carbocycles. The van der Waals surface area contributed by atoms with Crippen molar-refractivity contribution in [3.05, 3.63) is 30.3 Å². The van der Waals surface area contributed by atoms with E-state index in [9.17, 15) is 4.79 Å². The summed E-state index contributed by atoms with van der Waals surface area (Å²) in [4.78, 5) is 13.4. The number of carbonyl (C=O) groups excluding carboxylic acids is 1. The highest BCUT2D eigenvalue weighted by Crippen LogP contribution is 2.25. The van der Waals surface area contributed by atoms with Crippen molar-refractivity contribution in [2.45, 2.75) is 6.42 Å². The number of anilines is 1. The van der Waals surface area contributed by atoms with Gasteiger partial charge in [-0.05, 0) is 18.1 Å². The van der Waals surface area contributed by atoms with E-state index in [1.165, 1.54) is 0 Å². The van der Waals surface area contributed by atoms with E-state index in [0.29, 0.717) is 18.2 Å². The Morgan fingerprint density at radius 3 is 2.64 bits per heavy atom. The van der Waals surface area contributed by atoms with Crippen molar-refractivity contribution in [3.8, 4) is 0 Å². The highest BCUT2D eigenvalue weighted by molar-refractivity contribution is 6.18. The Morgan fingerprint density at radius 2 is 2.07 bits per heavy atom. The molecule has 0 spiro atoms. The number of amides is 1. The summed E-state index contributed by atoms with van der Waals surface area (Å²) in [5.74, 6) is 1.06. The van der Waals surface area contributed by atoms with Gasteiger partial charge in [-0.25, -0.2) is 0 Å². The zero-order valence-electron chi connectivity index (χ0n) is 7.82. The highest BCUT2D eigenvalue weighted by Gasteiger charge is 2.29. The topological polar surface area (TPSA) is 20.3 Å². The van der Waals surface area contributed by atoms with E-state index in [2.05, 4.69) is 0 Å². The molecule has 0 bridgehead atoms. The van der Waals surface area contributed by atoms with Gasteiger partial charge in [-0.1, -0.05) is 18.2 Å². The van der Waals surface area contributed by atoms with Crippen molar-refractivity contribution in [2.24, 2.45) is 5.92 Å². The lowest BCUT2D eigenvalue weighted by Gasteiger charge is -2.15. The third-order valence-electron chi connectivity index (χ3n) is 2.49. The van der Waals surface area contributed by atoms with Crippen molar-refractivity contribution >= 4 is 23.2 Å². The van der Waals surface area contributed by atoms with Crippen LogP contribution in [0.3, 0.4) is 0 Å². The molecule has 1 aromatic carbocycles. The molecule has 0 unspecified atom stereocenters. The zero-order valence-corrected chi connectivity index (χ0v) is 8.57. The molecule has 2 nitrogen and oxygen atoms in total. The average molecular weight is 210 g/mol. The van der Waals surface area contributed by atoms with Crippen LogP contribution in [0.2, 0.25) is 0 Å². The molecule has 1 saturated heterocycles. The fourth-order valence-corrected chi connectivity index (χ4v) is 1.95. The average Bonchev–Trinajstić information content (AvgIpc) is 2.61. The van der Waals surface area contributed by atoms with E-state index in [4.69, 9.17) is 11.6 Å². The van der Waals surface area contributed by atoms with Crippen LogP contribution in [-0.2, 0) is 4.79 Å². The van der Waals surface area contributed by atoms with Gasteiger partial charge in [-0.2, -0.15) is 0 Å². The standard InChI is InChI=1S/C11H12ClNO/c12-7-9-6-11(14)13(8-9)10-4-2-1-3-5-10/h1-5,9H,6-8H2/t9-/m1/s1. The Bertz CT molecular complexity index is 325. The minimum Gasteiger partial charge on any atom is -0.312 e. The fourth-order valence-electron chi connectivity index (χ4n) is 1.74. The number of benzene rings is 1. The van der Waals surface area contributed by atoms with Gasteiger partial charge in [0.05, 0.1) is 0 Å². The number of halogens is 1. The van der Waals surface area contributed by atoms with Gasteiger partial charge in [0.15, 0.2) is 0 Å². The first kappa shape index (κ1) is 9.53. The SMILES string of the molecule is O=C1C[C@H](CCl)CN1c1ccccc1. The lowest BCUT2D eigenvalue weighted by molar-refractivity contribution is -0.117. The number of para-hydroxylation sites is 1. The van der Waals surface area contributed by atoms with Gasteiger partial charge in [-0.15, -0.1) is 11.6 Å². The normalized spacial score (nSPS) is 21.6. The summed E-state index contributed by atoms with van der Waals surface area (Å²) in [6, 6.07) is 9.74. The first-order valence-electron chi connectivity index (χ1n) is 4.72. The van der Waals surface area contributed by atoms with Crippen LogP contribution in [0.25, 0.3) is 0 Å². The largest absolute Gasteiger partial charge is 0.312 e.